The number of amidine groups is 1. The summed E-state index contributed by atoms with van der Waals surface area (Å²) in [5.41, 5.74) is 0. The number of hydrogen-bond acceptors (Lipinski definition) is 4. The Balaban J connectivity index is 1.49. The number of carbonyl (C=O) groups is 1. The van der Waals surface area contributed by atoms with Crippen LogP contribution >= 0.6 is 11.8 Å². The fourth-order valence-electron chi connectivity index (χ4n) is 4.73. The van der Waals surface area contributed by atoms with Crippen molar-refractivity contribution in [2.24, 2.45) is 16.8 Å². The maximum atomic E-state index is 12.5. The maximum Gasteiger partial charge on any atom is 0.242 e. The van der Waals surface area contributed by atoms with Crippen molar-refractivity contribution in [2.75, 3.05) is 7.11 Å². The van der Waals surface area contributed by atoms with E-state index in [1.807, 2.05) is 0 Å². The smallest absolute Gasteiger partial charge is 0.242 e. The Bertz CT molecular complexity index is 481. The molecule has 0 radical (unpaired) electrons. The number of fused-ring (bicyclic) bond motifs is 2. The van der Waals surface area contributed by atoms with Crippen LogP contribution in [0.3, 0.4) is 0 Å². The van der Waals surface area contributed by atoms with E-state index in [0.29, 0.717) is 6.04 Å². The van der Waals surface area contributed by atoms with Gasteiger partial charge in [-0.25, -0.2) is 0 Å². The predicted octanol–water partition coefficient (Wildman–Crippen LogP) is 2.72. The van der Waals surface area contributed by atoms with E-state index in [9.17, 15) is 4.79 Å². The van der Waals surface area contributed by atoms with Crippen LogP contribution in [0.2, 0.25) is 0 Å². The second kappa shape index (κ2) is 5.27. The van der Waals surface area contributed by atoms with Crippen LogP contribution in [0.1, 0.15) is 51.4 Å². The molecule has 21 heavy (non-hydrogen) atoms. The van der Waals surface area contributed by atoms with E-state index < -0.39 is 0 Å². The monoisotopic (exact) mass is 308 g/mol. The minimum absolute atomic E-state index is 0.163. The largest absolute Gasteiger partial charge is 0.381 e. The maximum absolute atomic E-state index is 12.5. The van der Waals surface area contributed by atoms with Crippen LogP contribution < -0.4 is 5.32 Å². The molecule has 0 aromatic rings. The molecule has 1 saturated heterocycles. The average molecular weight is 308 g/mol. The second-order valence-corrected chi connectivity index (χ2v) is 8.55. The number of aliphatic imine (C=N–C) groups is 1. The summed E-state index contributed by atoms with van der Waals surface area (Å²) in [4.78, 5) is 17.4. The molecule has 1 aliphatic heterocycles. The van der Waals surface area contributed by atoms with Crippen molar-refractivity contribution < 1.29 is 9.53 Å². The highest BCUT2D eigenvalue weighted by Gasteiger charge is 2.50. The Hall–Kier alpha value is -0.550. The minimum atomic E-state index is -0.310. The van der Waals surface area contributed by atoms with E-state index in [2.05, 4.69) is 5.32 Å². The lowest BCUT2D eigenvalue weighted by Gasteiger charge is -2.33. The number of nitrogens with zero attached hydrogens (tertiary/aromatic N) is 1. The number of amides is 1. The van der Waals surface area contributed by atoms with E-state index in [-0.39, 0.29) is 16.8 Å². The zero-order chi connectivity index (χ0) is 14.4. The van der Waals surface area contributed by atoms with Crippen molar-refractivity contribution in [3.8, 4) is 0 Å². The van der Waals surface area contributed by atoms with Gasteiger partial charge in [0.15, 0.2) is 5.17 Å². The number of hydrogen-bond donors (Lipinski definition) is 1. The van der Waals surface area contributed by atoms with Gasteiger partial charge in [0.2, 0.25) is 5.91 Å². The molecule has 5 atom stereocenters. The molecule has 1 heterocycles. The summed E-state index contributed by atoms with van der Waals surface area (Å²) in [6, 6.07) is 0.462. The third kappa shape index (κ3) is 2.42. The summed E-state index contributed by atoms with van der Waals surface area (Å²) < 4.78 is 5.19. The second-order valence-electron chi connectivity index (χ2n) is 7.18. The van der Waals surface area contributed by atoms with Crippen molar-refractivity contribution >= 4 is 22.8 Å². The van der Waals surface area contributed by atoms with Gasteiger partial charge in [-0.1, -0.05) is 18.2 Å². The van der Waals surface area contributed by atoms with Gasteiger partial charge in [0.05, 0.1) is 12.1 Å². The van der Waals surface area contributed by atoms with Crippen molar-refractivity contribution in [3.05, 3.63) is 0 Å². The number of methoxy groups -OCH3 is 1. The Morgan fingerprint density at radius 2 is 2.24 bits per heavy atom. The molecule has 3 saturated carbocycles. The van der Waals surface area contributed by atoms with Crippen LogP contribution in [0.25, 0.3) is 0 Å². The van der Waals surface area contributed by atoms with Gasteiger partial charge in [-0.15, -0.1) is 0 Å². The first-order valence-corrected chi connectivity index (χ1v) is 9.11. The molecule has 2 bridgehead atoms. The molecule has 5 heteroatoms. The zero-order valence-corrected chi connectivity index (χ0v) is 13.5. The Morgan fingerprint density at radius 1 is 1.33 bits per heavy atom. The highest BCUT2D eigenvalue weighted by atomic mass is 32.2. The van der Waals surface area contributed by atoms with Gasteiger partial charge in [-0.3, -0.25) is 9.79 Å². The summed E-state index contributed by atoms with van der Waals surface area (Å²) in [7, 11) is 1.76. The van der Waals surface area contributed by atoms with E-state index >= 15 is 0 Å². The van der Waals surface area contributed by atoms with Crippen LogP contribution in [0.15, 0.2) is 4.99 Å². The SMILES string of the molecule is CO[C@@H]1CCCC2(C1)SC(=N[C@H]1C[C@H]3CC[C@H]1C3)NC2=O. The van der Waals surface area contributed by atoms with E-state index in [1.54, 1.807) is 18.9 Å². The number of carbonyl (C=O) groups excluding carboxylic acids is 1. The fraction of sp³-hybridized carbons (Fsp3) is 0.875. The lowest BCUT2D eigenvalue weighted by molar-refractivity contribution is -0.123. The molecule has 0 aromatic heterocycles. The molecular weight excluding hydrogens is 284 g/mol. The first-order valence-electron chi connectivity index (χ1n) is 8.29. The standard InChI is InChI=1S/C16H24N2O2S/c1-20-12-3-2-6-16(9-12)14(19)18-15(21-16)17-13-8-10-4-5-11(13)7-10/h10-13H,2-9H2,1H3,(H,17,18,19)/t10-,11-,12+,13-,16?/m0/s1. The number of thioether (sulfide) groups is 1. The van der Waals surface area contributed by atoms with Crippen LogP contribution in [-0.4, -0.2) is 35.1 Å². The summed E-state index contributed by atoms with van der Waals surface area (Å²) >= 11 is 1.68. The van der Waals surface area contributed by atoms with Crippen LogP contribution in [0.4, 0.5) is 0 Å². The van der Waals surface area contributed by atoms with Gasteiger partial charge in [0, 0.05) is 7.11 Å². The zero-order valence-electron chi connectivity index (χ0n) is 12.6. The fourth-order valence-corrected chi connectivity index (χ4v) is 6.10. The van der Waals surface area contributed by atoms with Gasteiger partial charge in [0.1, 0.15) is 4.75 Å². The summed E-state index contributed by atoms with van der Waals surface area (Å²) in [6.45, 7) is 0. The molecule has 4 aliphatic rings. The van der Waals surface area contributed by atoms with Crippen molar-refractivity contribution in [1.82, 2.24) is 5.32 Å². The molecular formula is C16H24N2O2S. The lowest BCUT2D eigenvalue weighted by atomic mass is 9.85. The molecule has 116 valence electrons. The van der Waals surface area contributed by atoms with E-state index in [0.717, 1.165) is 42.7 Å². The molecule has 4 nitrogen and oxygen atoms in total. The van der Waals surface area contributed by atoms with Gasteiger partial charge in [-0.05, 0) is 56.8 Å². The van der Waals surface area contributed by atoms with Crippen molar-refractivity contribution in [3.63, 3.8) is 0 Å². The third-order valence-electron chi connectivity index (χ3n) is 5.91. The first-order chi connectivity index (χ1) is 10.2. The molecule has 3 aliphatic carbocycles. The average Bonchev–Trinajstić information content (AvgIpc) is 3.16. The predicted molar refractivity (Wildman–Crippen MR) is 84.4 cm³/mol. The minimum Gasteiger partial charge on any atom is -0.381 e. The number of ether oxygens (including phenoxy) is 1. The van der Waals surface area contributed by atoms with Crippen LogP contribution in [-0.2, 0) is 9.53 Å². The lowest BCUT2D eigenvalue weighted by Crippen LogP contribution is -2.42. The Kier molecular flexibility index (Phi) is 3.53. The molecule has 1 N–H and O–H groups in total. The Morgan fingerprint density at radius 3 is 2.95 bits per heavy atom. The molecule has 4 fully saturated rings. The summed E-state index contributed by atoms with van der Waals surface area (Å²) in [5.74, 6) is 1.83. The Labute approximate surface area is 130 Å². The number of rotatable bonds is 2. The summed E-state index contributed by atoms with van der Waals surface area (Å²) in [6.07, 6.45) is 9.47. The van der Waals surface area contributed by atoms with Crippen LogP contribution in [0, 0.1) is 11.8 Å². The van der Waals surface area contributed by atoms with Crippen LogP contribution in [0.5, 0.6) is 0 Å². The summed E-state index contributed by atoms with van der Waals surface area (Å²) in [5, 5.41) is 3.95. The molecule has 4 rings (SSSR count). The number of nitrogens with one attached hydrogen (secondary N) is 1. The van der Waals surface area contributed by atoms with Crippen molar-refractivity contribution in [2.45, 2.75) is 68.3 Å². The van der Waals surface area contributed by atoms with E-state index in [4.69, 9.17) is 9.73 Å². The normalized spacial score (nSPS) is 47.5. The molecule has 1 spiro atoms. The molecule has 1 amide bonds. The molecule has 1 unspecified atom stereocenters. The van der Waals surface area contributed by atoms with E-state index in [1.165, 1.54) is 25.7 Å². The highest BCUT2D eigenvalue weighted by molar-refractivity contribution is 8.16. The van der Waals surface area contributed by atoms with Gasteiger partial charge in [0.25, 0.3) is 0 Å². The third-order valence-corrected chi connectivity index (χ3v) is 7.26. The van der Waals surface area contributed by atoms with Gasteiger partial charge >= 0.3 is 0 Å². The first kappa shape index (κ1) is 14.1. The molecule has 0 aromatic carbocycles. The van der Waals surface area contributed by atoms with Gasteiger partial charge in [-0.2, -0.15) is 0 Å². The quantitative estimate of drug-likeness (QED) is 0.853. The topological polar surface area (TPSA) is 50.7 Å². The van der Waals surface area contributed by atoms with Gasteiger partial charge < -0.3 is 10.1 Å². The van der Waals surface area contributed by atoms with Crippen molar-refractivity contribution in [1.29, 1.82) is 0 Å². The highest BCUT2D eigenvalue weighted by Crippen LogP contribution is 2.48.